The largest absolute Gasteiger partial charge is 0.465 e. The molecule has 1 aromatic heterocycles. The van der Waals surface area contributed by atoms with Crippen LogP contribution in [0.25, 0.3) is 22.4 Å². The number of carbonyl (C=O) groups excluding carboxylic acids is 1. The Morgan fingerprint density at radius 2 is 1.96 bits per heavy atom. The number of nitrogens with zero attached hydrogens (tertiary/aromatic N) is 2. The lowest BCUT2D eigenvalue weighted by Gasteiger charge is -2.09. The van der Waals surface area contributed by atoms with Crippen molar-refractivity contribution in [3.63, 3.8) is 0 Å². The van der Waals surface area contributed by atoms with Gasteiger partial charge in [0.2, 0.25) is 0 Å². The molecule has 0 aliphatic carbocycles. The van der Waals surface area contributed by atoms with Crippen molar-refractivity contribution in [2.24, 2.45) is 0 Å². The molecule has 0 N–H and O–H groups in total. The van der Waals surface area contributed by atoms with E-state index in [4.69, 9.17) is 32.9 Å². The number of hydrogen-bond acceptors (Lipinski definition) is 3. The second-order valence-electron chi connectivity index (χ2n) is 5.76. The number of imidazole rings is 1. The molecule has 0 radical (unpaired) electrons. The van der Waals surface area contributed by atoms with Gasteiger partial charge in [-0.15, -0.1) is 0 Å². The van der Waals surface area contributed by atoms with Crippen molar-refractivity contribution in [2.75, 3.05) is 7.11 Å². The smallest absolute Gasteiger partial charge is 0.337 e. The minimum Gasteiger partial charge on any atom is -0.465 e. The van der Waals surface area contributed by atoms with Gasteiger partial charge < -0.3 is 9.30 Å². The van der Waals surface area contributed by atoms with Crippen molar-refractivity contribution >= 4 is 40.2 Å². The third-order valence-corrected chi connectivity index (χ3v) is 4.82. The van der Waals surface area contributed by atoms with Gasteiger partial charge in [-0.2, -0.15) is 0 Å². The van der Waals surface area contributed by atoms with Crippen LogP contribution in [-0.2, 0) is 11.3 Å². The average molecular weight is 377 g/mol. The maximum Gasteiger partial charge on any atom is 0.337 e. The fourth-order valence-corrected chi connectivity index (χ4v) is 3.07. The Kier molecular flexibility index (Phi) is 5.30. The predicted molar refractivity (Wildman–Crippen MR) is 101 cm³/mol. The molecular formula is C19H18Cl2N2O2. The van der Waals surface area contributed by atoms with E-state index in [1.807, 2.05) is 18.2 Å². The lowest BCUT2D eigenvalue weighted by atomic mass is 10.2. The zero-order valence-corrected chi connectivity index (χ0v) is 15.6. The maximum absolute atomic E-state index is 11.8. The number of halogens is 2. The molecule has 0 fully saturated rings. The van der Waals surface area contributed by atoms with E-state index in [1.165, 1.54) is 7.11 Å². The standard InChI is InChI=1S/C19H18Cl2N2O2/c1-3-4-9-23-17-8-6-13(19(24)25-2)11-16(17)22-18(23)12-5-7-14(20)15(21)10-12/h5-8,10-11H,3-4,9H2,1-2H3. The van der Waals surface area contributed by atoms with Gasteiger partial charge in [0.25, 0.3) is 0 Å². The van der Waals surface area contributed by atoms with Crippen molar-refractivity contribution < 1.29 is 9.53 Å². The van der Waals surface area contributed by atoms with Gasteiger partial charge in [-0.25, -0.2) is 9.78 Å². The number of aryl methyl sites for hydroxylation is 1. The van der Waals surface area contributed by atoms with Crippen LogP contribution in [0.4, 0.5) is 0 Å². The highest BCUT2D eigenvalue weighted by atomic mass is 35.5. The van der Waals surface area contributed by atoms with Crippen molar-refractivity contribution in [3.8, 4) is 11.4 Å². The number of unbranched alkanes of at least 4 members (excludes halogenated alkanes) is 1. The van der Waals surface area contributed by atoms with Crippen LogP contribution in [0, 0.1) is 0 Å². The summed E-state index contributed by atoms with van der Waals surface area (Å²) in [5.74, 6) is 0.435. The highest BCUT2D eigenvalue weighted by molar-refractivity contribution is 6.42. The molecule has 6 heteroatoms. The first-order valence-electron chi connectivity index (χ1n) is 8.09. The minimum absolute atomic E-state index is 0.374. The number of ether oxygens (including phenoxy) is 1. The molecule has 0 bridgehead atoms. The average Bonchev–Trinajstić information content (AvgIpc) is 2.99. The van der Waals surface area contributed by atoms with E-state index in [-0.39, 0.29) is 5.97 Å². The van der Waals surface area contributed by atoms with E-state index in [0.717, 1.165) is 41.8 Å². The summed E-state index contributed by atoms with van der Waals surface area (Å²) in [5, 5.41) is 0.998. The van der Waals surface area contributed by atoms with Crippen molar-refractivity contribution in [3.05, 3.63) is 52.0 Å². The molecule has 25 heavy (non-hydrogen) atoms. The Morgan fingerprint density at radius 3 is 2.64 bits per heavy atom. The Balaban J connectivity index is 2.17. The quantitative estimate of drug-likeness (QED) is 0.544. The Morgan fingerprint density at radius 1 is 1.16 bits per heavy atom. The number of rotatable bonds is 5. The lowest BCUT2D eigenvalue weighted by molar-refractivity contribution is 0.0601. The third kappa shape index (κ3) is 3.51. The summed E-state index contributed by atoms with van der Waals surface area (Å²) in [7, 11) is 1.37. The fourth-order valence-electron chi connectivity index (χ4n) is 2.77. The van der Waals surface area contributed by atoms with Gasteiger partial charge >= 0.3 is 5.97 Å². The molecule has 0 saturated carbocycles. The van der Waals surface area contributed by atoms with E-state index in [0.29, 0.717) is 15.6 Å². The third-order valence-electron chi connectivity index (χ3n) is 4.08. The van der Waals surface area contributed by atoms with E-state index < -0.39 is 0 Å². The van der Waals surface area contributed by atoms with E-state index in [2.05, 4.69) is 11.5 Å². The number of methoxy groups -OCH3 is 1. The van der Waals surface area contributed by atoms with Crippen molar-refractivity contribution in [1.29, 1.82) is 0 Å². The number of benzene rings is 2. The van der Waals surface area contributed by atoms with Gasteiger partial charge in [0.15, 0.2) is 0 Å². The molecule has 0 aliphatic heterocycles. The maximum atomic E-state index is 11.8. The number of esters is 1. The predicted octanol–water partition coefficient (Wildman–Crippen LogP) is 5.60. The second-order valence-corrected chi connectivity index (χ2v) is 6.58. The normalized spacial score (nSPS) is 11.0. The molecule has 4 nitrogen and oxygen atoms in total. The summed E-state index contributed by atoms with van der Waals surface area (Å²) < 4.78 is 6.95. The molecule has 1 heterocycles. The summed E-state index contributed by atoms with van der Waals surface area (Å²) in [6.45, 7) is 2.98. The van der Waals surface area contributed by atoms with Crippen LogP contribution in [0.2, 0.25) is 10.0 Å². The SMILES string of the molecule is CCCCn1c(-c2ccc(Cl)c(Cl)c2)nc2cc(C(=O)OC)ccc21. The van der Waals surface area contributed by atoms with Gasteiger partial charge in [-0.3, -0.25) is 0 Å². The van der Waals surface area contributed by atoms with Gasteiger partial charge in [0.1, 0.15) is 5.82 Å². The van der Waals surface area contributed by atoms with E-state index >= 15 is 0 Å². The van der Waals surface area contributed by atoms with Crippen LogP contribution in [-0.4, -0.2) is 22.6 Å². The van der Waals surface area contributed by atoms with Crippen LogP contribution in [0.3, 0.4) is 0 Å². The summed E-state index contributed by atoms with van der Waals surface area (Å²) in [6, 6.07) is 10.9. The van der Waals surface area contributed by atoms with Gasteiger partial charge in [-0.1, -0.05) is 36.5 Å². The zero-order chi connectivity index (χ0) is 18.0. The van der Waals surface area contributed by atoms with E-state index in [9.17, 15) is 4.79 Å². The molecule has 3 aromatic rings. The second kappa shape index (κ2) is 7.46. The molecule has 2 aromatic carbocycles. The highest BCUT2D eigenvalue weighted by Crippen LogP contribution is 2.31. The molecular weight excluding hydrogens is 359 g/mol. The molecule has 0 unspecified atom stereocenters. The molecule has 130 valence electrons. The lowest BCUT2D eigenvalue weighted by Crippen LogP contribution is -2.02. The molecule has 0 saturated heterocycles. The molecule has 0 spiro atoms. The number of aromatic nitrogens is 2. The van der Waals surface area contributed by atoms with Crippen LogP contribution >= 0.6 is 23.2 Å². The van der Waals surface area contributed by atoms with Crippen LogP contribution in [0.15, 0.2) is 36.4 Å². The summed E-state index contributed by atoms with van der Waals surface area (Å²) in [5.41, 5.74) is 3.10. The molecule has 0 amide bonds. The molecule has 3 rings (SSSR count). The fraction of sp³-hybridized carbons (Fsp3) is 0.263. The first kappa shape index (κ1) is 17.8. The van der Waals surface area contributed by atoms with Gasteiger partial charge in [0.05, 0.1) is 33.8 Å². The molecule has 0 aliphatic rings. The first-order chi connectivity index (χ1) is 12.0. The number of hydrogen-bond donors (Lipinski definition) is 0. The van der Waals surface area contributed by atoms with Crippen LogP contribution in [0.5, 0.6) is 0 Å². The van der Waals surface area contributed by atoms with Crippen LogP contribution < -0.4 is 0 Å². The molecule has 0 atom stereocenters. The topological polar surface area (TPSA) is 44.1 Å². The van der Waals surface area contributed by atoms with Gasteiger partial charge in [0, 0.05) is 12.1 Å². The summed E-state index contributed by atoms with van der Waals surface area (Å²) in [4.78, 5) is 16.5. The monoisotopic (exact) mass is 376 g/mol. The zero-order valence-electron chi connectivity index (χ0n) is 14.1. The van der Waals surface area contributed by atoms with Crippen LogP contribution in [0.1, 0.15) is 30.1 Å². The Bertz CT molecular complexity index is 935. The van der Waals surface area contributed by atoms with E-state index in [1.54, 1.807) is 18.2 Å². The number of fused-ring (bicyclic) bond motifs is 1. The first-order valence-corrected chi connectivity index (χ1v) is 8.84. The van der Waals surface area contributed by atoms with Gasteiger partial charge in [-0.05, 0) is 42.8 Å². The summed E-state index contributed by atoms with van der Waals surface area (Å²) >= 11 is 12.2. The Labute approximate surface area is 156 Å². The summed E-state index contributed by atoms with van der Waals surface area (Å²) in [6.07, 6.45) is 2.10. The van der Waals surface area contributed by atoms with Crippen molar-refractivity contribution in [1.82, 2.24) is 9.55 Å². The minimum atomic E-state index is -0.374. The Hall–Kier alpha value is -2.04. The highest BCUT2D eigenvalue weighted by Gasteiger charge is 2.15. The number of carbonyl (C=O) groups is 1. The van der Waals surface area contributed by atoms with Crippen molar-refractivity contribution in [2.45, 2.75) is 26.3 Å².